The zero-order valence-corrected chi connectivity index (χ0v) is 30.8. The third kappa shape index (κ3) is 6.23. The molecule has 0 saturated heterocycles. The van der Waals surface area contributed by atoms with Gasteiger partial charge in [0.25, 0.3) is 0 Å². The van der Waals surface area contributed by atoms with E-state index in [4.69, 9.17) is 5.10 Å². The molecule has 57 heavy (non-hydrogen) atoms. The number of hydrogen-bond acceptors (Lipinski definition) is 5. The van der Waals surface area contributed by atoms with Gasteiger partial charge in [-0.15, -0.1) is 0 Å². The van der Waals surface area contributed by atoms with Crippen molar-refractivity contribution in [3.05, 3.63) is 256 Å². The van der Waals surface area contributed by atoms with Crippen LogP contribution in [0.4, 0.5) is 21.7 Å². The highest BCUT2D eigenvalue weighted by Crippen LogP contribution is 2.46. The van der Waals surface area contributed by atoms with Crippen molar-refractivity contribution >= 4 is 28.2 Å². The van der Waals surface area contributed by atoms with E-state index in [0.29, 0.717) is 11.5 Å². The molecule has 7 nitrogen and oxygen atoms in total. The summed E-state index contributed by atoms with van der Waals surface area (Å²) < 4.78 is 17.1. The van der Waals surface area contributed by atoms with Crippen molar-refractivity contribution in [1.82, 2.24) is 19.7 Å². The number of aromatic nitrogens is 4. The molecule has 8 heteroatoms. The molecule has 0 aliphatic rings. The first-order valence-corrected chi connectivity index (χ1v) is 18.7. The average Bonchev–Trinajstić information content (AvgIpc) is 3.63. The first-order valence-electron chi connectivity index (χ1n) is 18.7. The first kappa shape index (κ1) is 35.1. The van der Waals surface area contributed by atoms with Gasteiger partial charge in [0.2, 0.25) is 0 Å². The molecule has 0 spiro atoms. The van der Waals surface area contributed by atoms with E-state index in [0.717, 1.165) is 50.5 Å². The molecule has 0 saturated carbocycles. The Labute approximate surface area is 329 Å². The van der Waals surface area contributed by atoms with E-state index in [1.54, 1.807) is 0 Å². The molecule has 0 aliphatic heterocycles. The van der Waals surface area contributed by atoms with Crippen LogP contribution in [0, 0.1) is 5.82 Å². The summed E-state index contributed by atoms with van der Waals surface area (Å²) in [5, 5.41) is 13.6. The fourth-order valence-electron chi connectivity index (χ4n) is 8.02. The van der Waals surface area contributed by atoms with E-state index in [1.165, 1.54) is 0 Å². The van der Waals surface area contributed by atoms with E-state index < -0.39 is 22.6 Å². The highest BCUT2D eigenvalue weighted by molar-refractivity contribution is 5.94. The SMILES string of the molecule is O=c1ncc(F)c(Nc2ccc3c(c2)c(NC(c2ccccc2)(c2ccccc2)c2ccccc2)nn3C(c2ccccc2)(c2ccccc2)c2ccccc2)[nH]1. The molecule has 0 atom stereocenters. The summed E-state index contributed by atoms with van der Waals surface area (Å²) in [6.07, 6.45) is 0.909. The van der Waals surface area contributed by atoms with Gasteiger partial charge >= 0.3 is 5.69 Å². The molecular weight excluding hydrogens is 708 g/mol. The number of benzene rings is 7. The number of H-pyrrole nitrogens is 1. The number of nitrogens with zero attached hydrogens (tertiary/aromatic N) is 3. The van der Waals surface area contributed by atoms with Crippen LogP contribution < -0.4 is 16.3 Å². The molecule has 0 aliphatic carbocycles. The van der Waals surface area contributed by atoms with Gasteiger partial charge in [0.05, 0.1) is 11.7 Å². The van der Waals surface area contributed by atoms with Gasteiger partial charge < -0.3 is 10.6 Å². The van der Waals surface area contributed by atoms with E-state index in [9.17, 15) is 4.79 Å². The van der Waals surface area contributed by atoms with Crippen LogP contribution in [-0.2, 0) is 11.1 Å². The van der Waals surface area contributed by atoms with Crippen molar-refractivity contribution in [3.8, 4) is 0 Å². The zero-order valence-electron chi connectivity index (χ0n) is 30.8. The monoisotopic (exact) mass is 744 g/mol. The Morgan fingerprint density at radius 1 is 0.544 bits per heavy atom. The lowest BCUT2D eigenvalue weighted by atomic mass is 9.77. The standard InChI is InChI=1S/C49H37FN6O/c50-43-34-51-47(57)53-46(43)52-41-31-32-44-42(33-41)45(54-48(35-19-7-1-8-20-35,36-21-9-2-10-22-36)37-23-11-3-12-24-37)55-56(44)49(38-25-13-4-14-26-38,39-27-15-5-16-28-39)40-29-17-6-18-30-40/h1-34H,(H,54,55)(H2,51,52,53,57). The Balaban J connectivity index is 1.39. The first-order chi connectivity index (χ1) is 28.1. The van der Waals surface area contributed by atoms with Crippen molar-refractivity contribution < 1.29 is 4.39 Å². The number of anilines is 3. The molecule has 0 fully saturated rings. The van der Waals surface area contributed by atoms with Crippen molar-refractivity contribution in [3.63, 3.8) is 0 Å². The molecule has 3 N–H and O–H groups in total. The lowest BCUT2D eigenvalue weighted by Gasteiger charge is -2.38. The fourth-order valence-corrected chi connectivity index (χ4v) is 8.02. The summed E-state index contributed by atoms with van der Waals surface area (Å²) in [5.74, 6) is -0.187. The maximum absolute atomic E-state index is 15.0. The lowest BCUT2D eigenvalue weighted by Crippen LogP contribution is -2.40. The topological polar surface area (TPSA) is 87.6 Å². The number of hydrogen-bond donors (Lipinski definition) is 3. The summed E-state index contributed by atoms with van der Waals surface area (Å²) in [5.41, 5.74) is 4.89. The highest BCUT2D eigenvalue weighted by Gasteiger charge is 2.43. The second-order valence-electron chi connectivity index (χ2n) is 13.8. The predicted octanol–water partition coefficient (Wildman–Crippen LogP) is 10.2. The average molecular weight is 745 g/mol. The normalized spacial score (nSPS) is 11.7. The molecule has 7 aromatic carbocycles. The Hall–Kier alpha value is -7.58. The molecule has 2 heterocycles. The van der Waals surface area contributed by atoms with Crippen molar-refractivity contribution in [2.75, 3.05) is 10.6 Å². The van der Waals surface area contributed by atoms with Gasteiger partial charge in [-0.2, -0.15) is 10.1 Å². The Bertz CT molecular complexity index is 2620. The molecular formula is C49H37FN6O. The van der Waals surface area contributed by atoms with Gasteiger partial charge in [-0.1, -0.05) is 182 Å². The van der Waals surface area contributed by atoms with Gasteiger partial charge in [-0.05, 0) is 51.6 Å². The summed E-state index contributed by atoms with van der Waals surface area (Å²) in [7, 11) is 0. The second kappa shape index (κ2) is 14.9. The van der Waals surface area contributed by atoms with Gasteiger partial charge in [0.15, 0.2) is 11.6 Å². The van der Waals surface area contributed by atoms with E-state index >= 15 is 4.39 Å². The van der Waals surface area contributed by atoms with Crippen molar-refractivity contribution in [2.24, 2.45) is 0 Å². The Morgan fingerprint density at radius 2 is 0.965 bits per heavy atom. The maximum Gasteiger partial charge on any atom is 0.346 e. The minimum atomic E-state index is -0.950. The minimum Gasteiger partial charge on any atom is -0.351 e. The third-order valence-electron chi connectivity index (χ3n) is 10.5. The minimum absolute atomic E-state index is 0.0874. The molecule has 0 bridgehead atoms. The van der Waals surface area contributed by atoms with E-state index in [2.05, 4.69) is 134 Å². The molecule has 2 aromatic heterocycles. The summed E-state index contributed by atoms with van der Waals surface area (Å²) in [4.78, 5) is 18.2. The number of aromatic amines is 1. The predicted molar refractivity (Wildman–Crippen MR) is 225 cm³/mol. The number of halogens is 1. The fraction of sp³-hybridized carbons (Fsp3) is 0.0408. The molecule has 0 amide bonds. The molecule has 0 unspecified atom stereocenters. The van der Waals surface area contributed by atoms with E-state index in [1.807, 2.05) is 91.0 Å². The Morgan fingerprint density at radius 3 is 1.40 bits per heavy atom. The van der Waals surface area contributed by atoms with Crippen LogP contribution in [0.25, 0.3) is 10.9 Å². The molecule has 0 radical (unpaired) electrons. The van der Waals surface area contributed by atoms with Crippen LogP contribution in [0.3, 0.4) is 0 Å². The van der Waals surface area contributed by atoms with Gasteiger partial charge in [-0.3, -0.25) is 4.98 Å². The summed E-state index contributed by atoms with van der Waals surface area (Å²) in [6, 6.07) is 68.1. The Kier molecular flexibility index (Phi) is 9.20. The lowest BCUT2D eigenvalue weighted by molar-refractivity contribution is 0.476. The van der Waals surface area contributed by atoms with Crippen LogP contribution in [0.15, 0.2) is 211 Å². The van der Waals surface area contributed by atoms with Crippen LogP contribution in [-0.4, -0.2) is 19.7 Å². The second-order valence-corrected chi connectivity index (χ2v) is 13.8. The zero-order chi connectivity index (χ0) is 38.7. The number of fused-ring (bicyclic) bond motifs is 1. The number of nitrogens with one attached hydrogen (secondary N) is 3. The van der Waals surface area contributed by atoms with Gasteiger partial charge in [0.1, 0.15) is 16.9 Å². The quantitative estimate of drug-likeness (QED) is 0.115. The smallest absolute Gasteiger partial charge is 0.346 e. The van der Waals surface area contributed by atoms with Gasteiger partial charge in [0, 0.05) is 11.1 Å². The maximum atomic E-state index is 15.0. The summed E-state index contributed by atoms with van der Waals surface area (Å²) in [6.45, 7) is 0. The molecule has 9 rings (SSSR count). The molecule has 276 valence electrons. The van der Waals surface area contributed by atoms with Gasteiger partial charge in [-0.25, -0.2) is 13.9 Å². The molecule has 9 aromatic rings. The van der Waals surface area contributed by atoms with Crippen LogP contribution in [0.1, 0.15) is 33.4 Å². The van der Waals surface area contributed by atoms with Crippen molar-refractivity contribution in [1.29, 1.82) is 0 Å². The summed E-state index contributed by atoms with van der Waals surface area (Å²) >= 11 is 0. The van der Waals surface area contributed by atoms with Crippen LogP contribution in [0.5, 0.6) is 0 Å². The number of rotatable bonds is 11. The van der Waals surface area contributed by atoms with Crippen LogP contribution in [0.2, 0.25) is 0 Å². The van der Waals surface area contributed by atoms with E-state index in [-0.39, 0.29) is 5.82 Å². The highest BCUT2D eigenvalue weighted by atomic mass is 19.1. The largest absolute Gasteiger partial charge is 0.351 e. The third-order valence-corrected chi connectivity index (χ3v) is 10.5. The van der Waals surface area contributed by atoms with Crippen LogP contribution >= 0.6 is 0 Å². The van der Waals surface area contributed by atoms with Crippen molar-refractivity contribution in [2.45, 2.75) is 11.1 Å².